The summed E-state index contributed by atoms with van der Waals surface area (Å²) in [6.07, 6.45) is -0.428. The van der Waals surface area contributed by atoms with E-state index in [0.29, 0.717) is 11.4 Å². The number of aromatic nitrogens is 1. The van der Waals surface area contributed by atoms with E-state index in [1.54, 1.807) is 18.2 Å². The Kier molecular flexibility index (Phi) is 3.41. The van der Waals surface area contributed by atoms with Crippen LogP contribution in [0.25, 0.3) is 0 Å². The van der Waals surface area contributed by atoms with Crippen molar-refractivity contribution in [3.05, 3.63) is 29.6 Å². The van der Waals surface area contributed by atoms with E-state index in [9.17, 15) is 14.4 Å². The van der Waals surface area contributed by atoms with Crippen molar-refractivity contribution in [2.75, 3.05) is 13.1 Å². The molecule has 1 aliphatic carbocycles. The fourth-order valence-corrected chi connectivity index (χ4v) is 2.46. The van der Waals surface area contributed by atoms with Gasteiger partial charge in [0.1, 0.15) is 5.54 Å². The molecule has 0 aromatic carbocycles. The van der Waals surface area contributed by atoms with Crippen LogP contribution >= 0.6 is 0 Å². The first-order valence-corrected chi connectivity index (χ1v) is 5.74. The Morgan fingerprint density at radius 2 is 1.50 bits per heavy atom. The molecular formula is C12H12N2O6. The molecule has 2 aliphatic rings. The molecule has 0 radical (unpaired) electrons. The van der Waals surface area contributed by atoms with Gasteiger partial charge in [-0.25, -0.2) is 0 Å². The molecule has 1 aromatic heterocycles. The summed E-state index contributed by atoms with van der Waals surface area (Å²) in [4.78, 5) is 38.1. The Morgan fingerprint density at radius 3 is 1.85 bits per heavy atom. The molecule has 1 aromatic rings. The number of hydrogen-bond acceptors (Lipinski definition) is 5. The smallest absolute Gasteiger partial charge is 0.317 e. The highest BCUT2D eigenvalue weighted by Gasteiger charge is 2.51. The summed E-state index contributed by atoms with van der Waals surface area (Å²) in [5.41, 5.74) is -0.517. The van der Waals surface area contributed by atoms with Crippen molar-refractivity contribution < 1.29 is 29.7 Å². The van der Waals surface area contributed by atoms with Crippen LogP contribution < -0.4 is 0 Å². The summed E-state index contributed by atoms with van der Waals surface area (Å²) < 4.78 is 0. The lowest BCUT2D eigenvalue weighted by atomic mass is 9.78. The second-order valence-electron chi connectivity index (χ2n) is 4.48. The van der Waals surface area contributed by atoms with Crippen molar-refractivity contribution in [3.8, 4) is 0 Å². The van der Waals surface area contributed by atoms with Gasteiger partial charge in [-0.2, -0.15) is 0 Å². The van der Waals surface area contributed by atoms with E-state index in [2.05, 4.69) is 4.98 Å². The first kappa shape index (κ1) is 13.9. The van der Waals surface area contributed by atoms with Crippen molar-refractivity contribution >= 4 is 17.9 Å². The fraction of sp³-hybridized carbons (Fsp3) is 0.333. The predicted molar refractivity (Wildman–Crippen MR) is 64.1 cm³/mol. The Balaban J connectivity index is 2.41. The number of fused-ring (bicyclic) bond motifs is 2. The van der Waals surface area contributed by atoms with Gasteiger partial charge < -0.3 is 15.3 Å². The van der Waals surface area contributed by atoms with E-state index >= 15 is 0 Å². The normalized spacial score (nSPS) is 14.7. The SMILES string of the molecule is O=C(O)CN(CC(=O)O)C1(CC(=O)O)c2cccc1n2. The van der Waals surface area contributed by atoms with Gasteiger partial charge in [0, 0.05) is 0 Å². The molecule has 2 bridgehead atoms. The van der Waals surface area contributed by atoms with E-state index in [4.69, 9.17) is 15.3 Å². The zero-order chi connectivity index (χ0) is 14.9. The van der Waals surface area contributed by atoms with Gasteiger partial charge in [-0.3, -0.25) is 24.3 Å². The van der Waals surface area contributed by atoms with Crippen molar-refractivity contribution in [1.82, 2.24) is 9.88 Å². The molecule has 0 saturated heterocycles. The first-order chi connectivity index (χ1) is 9.36. The van der Waals surface area contributed by atoms with E-state index in [0.717, 1.165) is 4.90 Å². The summed E-state index contributed by atoms with van der Waals surface area (Å²) in [5.74, 6) is -3.61. The van der Waals surface area contributed by atoms with Gasteiger partial charge in [-0.1, -0.05) is 6.07 Å². The summed E-state index contributed by atoms with van der Waals surface area (Å²) in [6, 6.07) is 4.79. The Labute approximate surface area is 113 Å². The molecule has 0 fully saturated rings. The molecule has 3 N–H and O–H groups in total. The second-order valence-corrected chi connectivity index (χ2v) is 4.48. The quantitative estimate of drug-likeness (QED) is 0.614. The monoisotopic (exact) mass is 280 g/mol. The lowest BCUT2D eigenvalue weighted by molar-refractivity contribution is -0.150. The molecule has 8 nitrogen and oxygen atoms in total. The van der Waals surface area contributed by atoms with Crippen LogP contribution in [0.2, 0.25) is 0 Å². The second kappa shape index (κ2) is 4.89. The number of nitrogens with zero attached hydrogens (tertiary/aromatic N) is 2. The van der Waals surface area contributed by atoms with Gasteiger partial charge in [-0.15, -0.1) is 0 Å². The summed E-state index contributed by atoms with van der Waals surface area (Å²) in [6.45, 7) is -1.16. The van der Waals surface area contributed by atoms with Crippen molar-refractivity contribution in [2.45, 2.75) is 12.0 Å². The molecular weight excluding hydrogens is 268 g/mol. The van der Waals surface area contributed by atoms with Gasteiger partial charge >= 0.3 is 17.9 Å². The van der Waals surface area contributed by atoms with Gasteiger partial charge in [0.05, 0.1) is 30.9 Å². The molecule has 0 atom stereocenters. The number of carboxylic acids is 3. The fourth-order valence-electron chi connectivity index (χ4n) is 2.46. The maximum absolute atomic E-state index is 11.1. The highest BCUT2D eigenvalue weighted by Crippen LogP contribution is 2.43. The molecule has 0 unspecified atom stereocenters. The Bertz CT molecular complexity index is 542. The minimum absolute atomic E-state index is 0.375. The van der Waals surface area contributed by atoms with E-state index in [1.165, 1.54) is 0 Å². The van der Waals surface area contributed by atoms with Gasteiger partial charge in [0.25, 0.3) is 0 Å². The topological polar surface area (TPSA) is 128 Å². The van der Waals surface area contributed by atoms with E-state index in [-0.39, 0.29) is 0 Å². The van der Waals surface area contributed by atoms with E-state index in [1.807, 2.05) is 0 Å². The lowest BCUT2D eigenvalue weighted by Gasteiger charge is -2.46. The van der Waals surface area contributed by atoms with Crippen LogP contribution in [0.4, 0.5) is 0 Å². The predicted octanol–water partition coefficient (Wildman–Crippen LogP) is -0.415. The zero-order valence-electron chi connectivity index (χ0n) is 10.3. The molecule has 3 rings (SSSR count). The van der Waals surface area contributed by atoms with Crippen molar-refractivity contribution in [3.63, 3.8) is 0 Å². The average Bonchev–Trinajstić information content (AvgIpc) is 2.34. The third-order valence-corrected chi connectivity index (χ3v) is 3.20. The number of pyridine rings is 1. The molecule has 8 heteroatoms. The molecule has 20 heavy (non-hydrogen) atoms. The highest BCUT2D eigenvalue weighted by atomic mass is 16.4. The van der Waals surface area contributed by atoms with E-state index < -0.39 is 43.0 Å². The number of aliphatic carboxylic acids is 3. The number of rotatable bonds is 7. The van der Waals surface area contributed by atoms with Crippen LogP contribution in [-0.4, -0.2) is 56.2 Å². The minimum Gasteiger partial charge on any atom is -0.481 e. The van der Waals surface area contributed by atoms with Crippen LogP contribution in [0.1, 0.15) is 17.8 Å². The molecule has 0 spiro atoms. The first-order valence-electron chi connectivity index (χ1n) is 5.74. The molecule has 2 heterocycles. The number of carboxylic acid groups (broad SMARTS) is 3. The standard InChI is InChI=1S/C12H12N2O6/c15-9(16)4-12(7-2-1-3-8(12)13-7)14(5-10(17)18)6-11(19)20/h1-3H,4-6H2,(H,15,16)(H,17,18)(H,19,20). The Morgan fingerprint density at radius 1 is 1.00 bits per heavy atom. The molecule has 0 saturated carbocycles. The number of carbonyl (C=O) groups is 3. The molecule has 0 amide bonds. The maximum Gasteiger partial charge on any atom is 0.317 e. The third-order valence-electron chi connectivity index (χ3n) is 3.20. The van der Waals surface area contributed by atoms with Gasteiger partial charge in [-0.05, 0) is 12.1 Å². The van der Waals surface area contributed by atoms with Crippen LogP contribution in [0, 0.1) is 0 Å². The van der Waals surface area contributed by atoms with Crippen LogP contribution in [0.3, 0.4) is 0 Å². The van der Waals surface area contributed by atoms with Crippen molar-refractivity contribution in [2.24, 2.45) is 0 Å². The maximum atomic E-state index is 11.1. The highest BCUT2D eigenvalue weighted by molar-refractivity contribution is 5.75. The number of hydrogen-bond donors (Lipinski definition) is 3. The summed E-state index contributed by atoms with van der Waals surface area (Å²) >= 11 is 0. The van der Waals surface area contributed by atoms with Gasteiger partial charge in [0.2, 0.25) is 0 Å². The molecule has 1 aliphatic heterocycles. The average molecular weight is 280 g/mol. The van der Waals surface area contributed by atoms with Crippen LogP contribution in [-0.2, 0) is 19.9 Å². The van der Waals surface area contributed by atoms with Crippen LogP contribution in [0.5, 0.6) is 0 Å². The zero-order valence-corrected chi connectivity index (χ0v) is 10.3. The third kappa shape index (κ3) is 2.21. The van der Waals surface area contributed by atoms with Gasteiger partial charge in [0.15, 0.2) is 0 Å². The summed E-state index contributed by atoms with van der Waals surface area (Å²) in [7, 11) is 0. The lowest BCUT2D eigenvalue weighted by Crippen LogP contribution is -2.57. The van der Waals surface area contributed by atoms with Crippen molar-refractivity contribution in [1.29, 1.82) is 0 Å². The summed E-state index contributed by atoms with van der Waals surface area (Å²) in [5, 5.41) is 26.9. The van der Waals surface area contributed by atoms with Crippen LogP contribution in [0.15, 0.2) is 18.2 Å². The minimum atomic E-state index is -1.27. The molecule has 106 valence electrons. The largest absolute Gasteiger partial charge is 0.481 e. The Hall–Kier alpha value is -2.48.